The molecule has 0 spiro atoms. The number of rotatable bonds is 6. The number of nitrogens with zero attached hydrogens (tertiary/aromatic N) is 1. The van der Waals surface area contributed by atoms with Gasteiger partial charge in [0.25, 0.3) is 0 Å². The van der Waals surface area contributed by atoms with Gasteiger partial charge in [-0.3, -0.25) is 10.1 Å². The smallest absolute Gasteiger partial charge is 0.240 e. The first kappa shape index (κ1) is 15.5. The first-order chi connectivity index (χ1) is 8.32. The summed E-state index contributed by atoms with van der Waals surface area (Å²) in [4.78, 5) is 14.3. The van der Waals surface area contributed by atoms with Crippen LogP contribution in [-0.2, 0) is 4.79 Å². The van der Waals surface area contributed by atoms with Crippen LogP contribution in [0.4, 0.5) is 0 Å². The molecule has 1 saturated heterocycles. The van der Waals surface area contributed by atoms with Crippen molar-refractivity contribution in [1.82, 2.24) is 10.2 Å². The Hall–Kier alpha value is -0.570. The maximum atomic E-state index is 12.3. The highest BCUT2D eigenvalue weighted by molar-refractivity contribution is 5.83. The number of hydrogen-bond donors (Lipinski definition) is 1. The minimum absolute atomic E-state index is 0.0463. The van der Waals surface area contributed by atoms with E-state index < -0.39 is 0 Å². The molecule has 1 N–H and O–H groups in total. The summed E-state index contributed by atoms with van der Waals surface area (Å²) in [5.41, 5.74) is 0. The van der Waals surface area contributed by atoms with Crippen molar-refractivity contribution in [1.29, 1.82) is 0 Å². The van der Waals surface area contributed by atoms with E-state index >= 15 is 0 Å². The molecule has 0 bridgehead atoms. The third kappa shape index (κ3) is 3.98. The fourth-order valence-corrected chi connectivity index (χ4v) is 2.86. The Morgan fingerprint density at radius 3 is 2.17 bits per heavy atom. The molecule has 0 aromatic heterocycles. The molecule has 1 unspecified atom stereocenters. The average Bonchev–Trinajstić information content (AvgIpc) is 2.55. The Morgan fingerprint density at radius 1 is 1.17 bits per heavy atom. The number of hydrogen-bond acceptors (Lipinski definition) is 2. The lowest BCUT2D eigenvalue weighted by molar-refractivity contribution is -0.130. The molecule has 106 valence electrons. The lowest BCUT2D eigenvalue weighted by Crippen LogP contribution is -2.37. The first-order valence-corrected chi connectivity index (χ1v) is 7.35. The Morgan fingerprint density at radius 2 is 1.72 bits per heavy atom. The van der Waals surface area contributed by atoms with Gasteiger partial charge in [-0.15, -0.1) is 0 Å². The topological polar surface area (TPSA) is 32.3 Å². The highest BCUT2D eigenvalue weighted by atomic mass is 16.2. The summed E-state index contributed by atoms with van der Waals surface area (Å²) < 4.78 is 0. The Labute approximate surface area is 112 Å². The maximum Gasteiger partial charge on any atom is 0.240 e. The number of carbonyl (C=O) groups is 1. The predicted molar refractivity (Wildman–Crippen MR) is 76.1 cm³/mol. The Kier molecular flexibility index (Phi) is 5.64. The van der Waals surface area contributed by atoms with Crippen molar-refractivity contribution in [3.05, 3.63) is 0 Å². The molecular weight excluding hydrogens is 224 g/mol. The summed E-state index contributed by atoms with van der Waals surface area (Å²) in [7, 11) is 0. The average molecular weight is 254 g/mol. The third-order valence-corrected chi connectivity index (χ3v) is 3.99. The Bertz CT molecular complexity index is 266. The molecule has 18 heavy (non-hydrogen) atoms. The lowest BCUT2D eigenvalue weighted by atomic mass is 9.85. The highest BCUT2D eigenvalue weighted by Gasteiger charge is 2.33. The second-order valence-electron chi connectivity index (χ2n) is 6.76. The standard InChI is InChI=1S/C15H30N2O/c1-10(2)7-14-15(18)17(9-16-14)8-13(11(3)4)12(5)6/h10-14,16H,7-9H2,1-6H3. The largest absolute Gasteiger partial charge is 0.328 e. The predicted octanol–water partition coefficient (Wildman–Crippen LogP) is 2.72. The molecule has 1 fully saturated rings. The van der Waals surface area contributed by atoms with E-state index in [-0.39, 0.29) is 6.04 Å². The van der Waals surface area contributed by atoms with E-state index in [1.165, 1.54) is 0 Å². The number of nitrogens with one attached hydrogen (secondary N) is 1. The van der Waals surface area contributed by atoms with E-state index in [4.69, 9.17) is 0 Å². The van der Waals surface area contributed by atoms with Crippen molar-refractivity contribution in [2.24, 2.45) is 23.7 Å². The van der Waals surface area contributed by atoms with Gasteiger partial charge >= 0.3 is 0 Å². The summed E-state index contributed by atoms with van der Waals surface area (Å²) in [5, 5.41) is 3.35. The van der Waals surface area contributed by atoms with Gasteiger partial charge in [-0.1, -0.05) is 41.5 Å². The minimum atomic E-state index is 0.0463. The van der Waals surface area contributed by atoms with Crippen LogP contribution in [0.2, 0.25) is 0 Å². The quantitative estimate of drug-likeness (QED) is 0.790. The zero-order valence-electron chi connectivity index (χ0n) is 12.9. The molecule has 1 aliphatic heterocycles. The van der Waals surface area contributed by atoms with Crippen LogP contribution in [0, 0.1) is 23.7 Å². The van der Waals surface area contributed by atoms with Crippen LogP contribution >= 0.6 is 0 Å². The summed E-state index contributed by atoms with van der Waals surface area (Å²) in [6.45, 7) is 15.0. The summed E-state index contributed by atoms with van der Waals surface area (Å²) in [5.74, 6) is 2.71. The van der Waals surface area contributed by atoms with Crippen LogP contribution in [0.5, 0.6) is 0 Å². The van der Waals surface area contributed by atoms with Crippen LogP contribution in [0.25, 0.3) is 0 Å². The molecule has 1 heterocycles. The van der Waals surface area contributed by atoms with E-state index in [1.54, 1.807) is 0 Å². The first-order valence-electron chi connectivity index (χ1n) is 7.35. The minimum Gasteiger partial charge on any atom is -0.328 e. The molecule has 1 atom stereocenters. The van der Waals surface area contributed by atoms with Gasteiger partial charge in [-0.05, 0) is 30.1 Å². The van der Waals surface area contributed by atoms with Crippen molar-refractivity contribution >= 4 is 5.91 Å². The molecule has 1 rings (SSSR count). The SMILES string of the molecule is CC(C)CC1NCN(CC(C(C)C)C(C)C)C1=O. The Balaban J connectivity index is 2.56. The zero-order valence-corrected chi connectivity index (χ0v) is 12.9. The molecular formula is C15H30N2O. The van der Waals surface area contributed by atoms with Crippen LogP contribution in [0.1, 0.15) is 48.0 Å². The monoisotopic (exact) mass is 254 g/mol. The zero-order chi connectivity index (χ0) is 13.9. The van der Waals surface area contributed by atoms with Gasteiger partial charge in [0.15, 0.2) is 0 Å². The van der Waals surface area contributed by atoms with Crippen LogP contribution in [0.15, 0.2) is 0 Å². The van der Waals surface area contributed by atoms with Gasteiger partial charge in [0.2, 0.25) is 5.91 Å². The van der Waals surface area contributed by atoms with Gasteiger partial charge in [0, 0.05) is 6.54 Å². The van der Waals surface area contributed by atoms with Gasteiger partial charge in [0.05, 0.1) is 12.7 Å². The second-order valence-corrected chi connectivity index (χ2v) is 6.76. The van der Waals surface area contributed by atoms with Gasteiger partial charge in [-0.25, -0.2) is 0 Å². The third-order valence-electron chi connectivity index (χ3n) is 3.99. The van der Waals surface area contributed by atoms with Gasteiger partial charge in [0.1, 0.15) is 0 Å². The van der Waals surface area contributed by atoms with Crippen molar-refractivity contribution in [2.45, 2.75) is 54.0 Å². The molecule has 0 saturated carbocycles. The normalized spacial score (nSPS) is 21.1. The number of amides is 1. The van der Waals surface area contributed by atoms with E-state index in [2.05, 4.69) is 46.9 Å². The van der Waals surface area contributed by atoms with Crippen molar-refractivity contribution in [3.8, 4) is 0 Å². The molecule has 1 amide bonds. The maximum absolute atomic E-state index is 12.3. The van der Waals surface area contributed by atoms with E-state index in [0.29, 0.717) is 29.6 Å². The summed E-state index contributed by atoms with van der Waals surface area (Å²) in [6.07, 6.45) is 0.948. The highest BCUT2D eigenvalue weighted by Crippen LogP contribution is 2.23. The van der Waals surface area contributed by atoms with E-state index in [1.807, 2.05) is 4.90 Å². The fraction of sp³-hybridized carbons (Fsp3) is 0.933. The lowest BCUT2D eigenvalue weighted by Gasteiger charge is -2.29. The van der Waals surface area contributed by atoms with Crippen LogP contribution in [-0.4, -0.2) is 30.1 Å². The fourth-order valence-electron chi connectivity index (χ4n) is 2.86. The molecule has 0 aromatic carbocycles. The van der Waals surface area contributed by atoms with E-state index in [0.717, 1.165) is 19.6 Å². The van der Waals surface area contributed by atoms with Crippen molar-refractivity contribution in [2.75, 3.05) is 13.2 Å². The molecule has 0 aliphatic carbocycles. The number of carbonyl (C=O) groups excluding carboxylic acids is 1. The molecule has 1 aliphatic rings. The van der Waals surface area contributed by atoms with Crippen molar-refractivity contribution < 1.29 is 4.79 Å². The second kappa shape index (κ2) is 6.55. The summed E-state index contributed by atoms with van der Waals surface area (Å²) >= 11 is 0. The van der Waals surface area contributed by atoms with E-state index in [9.17, 15) is 4.79 Å². The molecule has 3 heteroatoms. The molecule has 3 nitrogen and oxygen atoms in total. The van der Waals surface area contributed by atoms with Gasteiger partial charge < -0.3 is 4.90 Å². The molecule has 0 aromatic rings. The molecule has 0 radical (unpaired) electrons. The van der Waals surface area contributed by atoms with Crippen molar-refractivity contribution in [3.63, 3.8) is 0 Å². The van der Waals surface area contributed by atoms with Gasteiger partial charge in [-0.2, -0.15) is 0 Å². The summed E-state index contributed by atoms with van der Waals surface area (Å²) in [6, 6.07) is 0.0463. The van der Waals surface area contributed by atoms with Crippen LogP contribution < -0.4 is 5.32 Å². The van der Waals surface area contributed by atoms with Crippen LogP contribution in [0.3, 0.4) is 0 Å².